The van der Waals surface area contributed by atoms with Crippen LogP contribution in [-0.2, 0) is 32.7 Å². The molecule has 0 aliphatic carbocycles. The summed E-state index contributed by atoms with van der Waals surface area (Å²) in [6, 6.07) is 0. The van der Waals surface area contributed by atoms with Crippen LogP contribution in [0.5, 0.6) is 0 Å². The number of phosphoric acid groups is 1. The standard InChI is InChI=1S/C45H76NO8P/c1-3-5-7-9-11-13-15-17-19-20-21-22-24-26-28-30-32-34-36-38-45(48)54-43(42-53-55(49,50)52-40-39-46)41-51-44(47)37-35-33-31-29-27-25-23-18-16-14-12-10-8-6-4-2/h5,7,11,13-14,16-17,19,21-22,26,28,32,34,43H,3-4,6,8-10,12,15,18,20,23-25,27,29-31,33,35-42,46H2,1-2H3,(H,49,50)/b7-5-,13-11-,16-14-,19-17-,22-21-,28-26-,34-32-/t43-/m1/s1. The third-order valence-corrected chi connectivity index (χ3v) is 9.26. The summed E-state index contributed by atoms with van der Waals surface area (Å²) in [5.41, 5.74) is 5.34. The lowest BCUT2D eigenvalue weighted by Crippen LogP contribution is -2.29. The van der Waals surface area contributed by atoms with Crippen molar-refractivity contribution in [1.82, 2.24) is 0 Å². The van der Waals surface area contributed by atoms with Crippen molar-refractivity contribution in [1.29, 1.82) is 0 Å². The number of carbonyl (C=O) groups excluding carboxylic acids is 2. The van der Waals surface area contributed by atoms with Gasteiger partial charge in [0, 0.05) is 19.4 Å². The minimum atomic E-state index is -4.40. The highest BCUT2D eigenvalue weighted by atomic mass is 31.2. The number of carbonyl (C=O) groups is 2. The Hall–Kier alpha value is -2.81. The van der Waals surface area contributed by atoms with E-state index in [1.165, 1.54) is 51.4 Å². The zero-order chi connectivity index (χ0) is 40.3. The Morgan fingerprint density at radius 2 is 1.04 bits per heavy atom. The minimum absolute atomic E-state index is 0.0371. The average Bonchev–Trinajstić information content (AvgIpc) is 3.17. The van der Waals surface area contributed by atoms with Gasteiger partial charge in [-0.05, 0) is 77.0 Å². The number of rotatable bonds is 38. The Kier molecular flexibility index (Phi) is 38.8. The first-order valence-electron chi connectivity index (χ1n) is 21.1. The summed E-state index contributed by atoms with van der Waals surface area (Å²) in [5.74, 6) is -0.940. The van der Waals surface area contributed by atoms with Crippen molar-refractivity contribution in [2.75, 3.05) is 26.4 Å². The van der Waals surface area contributed by atoms with Gasteiger partial charge in [-0.25, -0.2) is 4.57 Å². The second kappa shape index (κ2) is 40.8. The molecule has 314 valence electrons. The van der Waals surface area contributed by atoms with Gasteiger partial charge in [-0.15, -0.1) is 0 Å². The molecular weight excluding hydrogens is 713 g/mol. The number of hydrogen-bond donors (Lipinski definition) is 2. The maximum Gasteiger partial charge on any atom is 0.472 e. The third kappa shape index (κ3) is 40.7. The van der Waals surface area contributed by atoms with Crippen LogP contribution in [0.2, 0.25) is 0 Å². The number of allylic oxidation sites excluding steroid dienone is 14. The third-order valence-electron chi connectivity index (χ3n) is 8.28. The van der Waals surface area contributed by atoms with E-state index in [1.54, 1.807) is 0 Å². The number of ether oxygens (including phenoxy) is 2. The molecule has 0 saturated carbocycles. The van der Waals surface area contributed by atoms with Crippen LogP contribution in [0.15, 0.2) is 85.1 Å². The highest BCUT2D eigenvalue weighted by Gasteiger charge is 2.25. The molecule has 0 aliphatic rings. The number of nitrogens with two attached hydrogens (primary N) is 1. The largest absolute Gasteiger partial charge is 0.472 e. The molecule has 2 atom stereocenters. The van der Waals surface area contributed by atoms with E-state index >= 15 is 0 Å². The zero-order valence-corrected chi connectivity index (χ0v) is 35.3. The summed E-state index contributed by atoms with van der Waals surface area (Å²) in [4.78, 5) is 34.8. The minimum Gasteiger partial charge on any atom is -0.462 e. The predicted octanol–water partition coefficient (Wildman–Crippen LogP) is 12.0. The summed E-state index contributed by atoms with van der Waals surface area (Å²) < 4.78 is 32.6. The van der Waals surface area contributed by atoms with Gasteiger partial charge in [-0.3, -0.25) is 18.6 Å². The molecule has 0 aromatic rings. The van der Waals surface area contributed by atoms with Gasteiger partial charge in [0.1, 0.15) is 6.61 Å². The molecule has 10 heteroatoms. The molecule has 3 N–H and O–H groups in total. The number of esters is 2. The number of hydrogen-bond acceptors (Lipinski definition) is 8. The Balaban J connectivity index is 4.33. The van der Waals surface area contributed by atoms with Crippen LogP contribution in [0.25, 0.3) is 0 Å². The second-order valence-electron chi connectivity index (χ2n) is 13.5. The molecule has 0 aliphatic heterocycles. The van der Waals surface area contributed by atoms with E-state index in [2.05, 4.69) is 86.8 Å². The molecule has 55 heavy (non-hydrogen) atoms. The van der Waals surface area contributed by atoms with Crippen molar-refractivity contribution in [3.8, 4) is 0 Å². The highest BCUT2D eigenvalue weighted by Crippen LogP contribution is 2.43. The maximum atomic E-state index is 12.5. The van der Waals surface area contributed by atoms with Crippen molar-refractivity contribution in [3.63, 3.8) is 0 Å². The van der Waals surface area contributed by atoms with Gasteiger partial charge in [-0.2, -0.15) is 0 Å². The molecule has 0 aromatic carbocycles. The molecule has 1 unspecified atom stereocenters. The SMILES string of the molecule is CC/C=C\C/C=C\C/C=C\C/C=C\C/C=C\C/C=C\CCC(=O)O[C@H](COC(=O)CCCCCCCCC/C=C\CCCCCC)COP(=O)(O)OCCN. The fourth-order valence-electron chi connectivity index (χ4n) is 5.18. The lowest BCUT2D eigenvalue weighted by Gasteiger charge is -2.19. The van der Waals surface area contributed by atoms with Crippen LogP contribution in [0.4, 0.5) is 0 Å². The molecule has 0 rings (SSSR count). The molecule has 0 spiro atoms. The molecule has 0 bridgehead atoms. The Morgan fingerprint density at radius 3 is 1.56 bits per heavy atom. The maximum absolute atomic E-state index is 12.5. The lowest BCUT2D eigenvalue weighted by molar-refractivity contribution is -0.161. The summed E-state index contributed by atoms with van der Waals surface area (Å²) in [5, 5.41) is 0. The van der Waals surface area contributed by atoms with Crippen LogP contribution in [0, 0.1) is 0 Å². The van der Waals surface area contributed by atoms with Gasteiger partial charge in [0.05, 0.1) is 13.2 Å². The first-order valence-corrected chi connectivity index (χ1v) is 22.6. The molecule has 0 aromatic heterocycles. The lowest BCUT2D eigenvalue weighted by atomic mass is 10.1. The van der Waals surface area contributed by atoms with Crippen molar-refractivity contribution in [3.05, 3.63) is 85.1 Å². The van der Waals surface area contributed by atoms with Gasteiger partial charge in [-0.1, -0.05) is 150 Å². The van der Waals surface area contributed by atoms with Crippen molar-refractivity contribution in [2.24, 2.45) is 5.73 Å². The van der Waals surface area contributed by atoms with Crippen LogP contribution in [0.3, 0.4) is 0 Å². The average molecular weight is 790 g/mol. The van der Waals surface area contributed by atoms with Crippen LogP contribution in [0.1, 0.15) is 155 Å². The quantitative estimate of drug-likeness (QED) is 0.0271. The van der Waals surface area contributed by atoms with Gasteiger partial charge >= 0.3 is 19.8 Å². The molecule has 0 heterocycles. The smallest absolute Gasteiger partial charge is 0.462 e. The number of unbranched alkanes of at least 4 members (excludes halogenated alkanes) is 11. The molecule has 0 saturated heterocycles. The topological polar surface area (TPSA) is 134 Å². The summed E-state index contributed by atoms with van der Waals surface area (Å²) in [6.45, 7) is 3.49. The second-order valence-corrected chi connectivity index (χ2v) is 14.9. The molecule has 0 amide bonds. The van der Waals surface area contributed by atoms with Crippen molar-refractivity contribution >= 4 is 19.8 Å². The van der Waals surface area contributed by atoms with Crippen molar-refractivity contribution in [2.45, 2.75) is 161 Å². The Morgan fingerprint density at radius 1 is 0.564 bits per heavy atom. The van der Waals surface area contributed by atoms with E-state index in [4.69, 9.17) is 24.3 Å². The fourth-order valence-corrected chi connectivity index (χ4v) is 5.95. The van der Waals surface area contributed by atoms with E-state index in [0.29, 0.717) is 12.8 Å². The molecule has 0 radical (unpaired) electrons. The van der Waals surface area contributed by atoms with Crippen LogP contribution < -0.4 is 5.73 Å². The highest BCUT2D eigenvalue weighted by molar-refractivity contribution is 7.47. The van der Waals surface area contributed by atoms with E-state index in [9.17, 15) is 19.0 Å². The fraction of sp³-hybridized carbons (Fsp3) is 0.644. The van der Waals surface area contributed by atoms with Gasteiger partial charge < -0.3 is 20.1 Å². The molecular formula is C45H76NO8P. The normalized spacial score (nSPS) is 14.2. The Bertz CT molecular complexity index is 1170. The zero-order valence-electron chi connectivity index (χ0n) is 34.4. The van der Waals surface area contributed by atoms with Gasteiger partial charge in [0.15, 0.2) is 6.10 Å². The van der Waals surface area contributed by atoms with Crippen LogP contribution in [-0.4, -0.2) is 49.3 Å². The van der Waals surface area contributed by atoms with Gasteiger partial charge in [0.2, 0.25) is 0 Å². The van der Waals surface area contributed by atoms with Crippen molar-refractivity contribution < 1.29 is 37.6 Å². The summed E-state index contributed by atoms with van der Waals surface area (Å²) in [7, 11) is -4.40. The van der Waals surface area contributed by atoms with Gasteiger partial charge in [0.25, 0.3) is 0 Å². The van der Waals surface area contributed by atoms with E-state index < -0.39 is 32.5 Å². The van der Waals surface area contributed by atoms with Crippen LogP contribution >= 0.6 is 7.82 Å². The first-order chi connectivity index (χ1) is 26.8. The first kappa shape index (κ1) is 52.2. The predicted molar refractivity (Wildman–Crippen MR) is 229 cm³/mol. The van der Waals surface area contributed by atoms with E-state index in [-0.39, 0.29) is 32.6 Å². The molecule has 0 fully saturated rings. The summed E-state index contributed by atoms with van der Waals surface area (Å²) >= 11 is 0. The monoisotopic (exact) mass is 790 g/mol. The molecule has 9 nitrogen and oxygen atoms in total. The summed E-state index contributed by atoms with van der Waals surface area (Å²) in [6.07, 6.45) is 50.5. The Labute approximate surface area is 334 Å². The van der Waals surface area contributed by atoms with E-state index in [1.807, 2.05) is 12.2 Å². The van der Waals surface area contributed by atoms with E-state index in [0.717, 1.165) is 64.2 Å². The number of phosphoric ester groups is 1.